The van der Waals surface area contributed by atoms with Crippen LogP contribution in [0.4, 0.5) is 5.69 Å². The Kier molecular flexibility index (Phi) is 7.33. The number of hydrogen-bond acceptors (Lipinski definition) is 4. The molecule has 0 fully saturated rings. The molecule has 3 aromatic rings. The van der Waals surface area contributed by atoms with E-state index in [0.717, 1.165) is 22.6 Å². The van der Waals surface area contributed by atoms with Crippen LogP contribution in [0.15, 0.2) is 72.8 Å². The Morgan fingerprint density at radius 3 is 1.97 bits per heavy atom. The zero-order valence-electron chi connectivity index (χ0n) is 17.6. The van der Waals surface area contributed by atoms with Gasteiger partial charge in [-0.05, 0) is 68.3 Å². The third kappa shape index (κ3) is 6.01. The number of ether oxygens (including phenoxy) is 3. The monoisotopic (exact) mass is 405 g/mol. The molecule has 0 heterocycles. The van der Waals surface area contributed by atoms with E-state index in [-0.39, 0.29) is 5.91 Å². The predicted molar refractivity (Wildman–Crippen MR) is 119 cm³/mol. The Hall–Kier alpha value is -3.47. The second-order valence-corrected chi connectivity index (χ2v) is 7.00. The van der Waals surface area contributed by atoms with Crippen molar-refractivity contribution >= 4 is 11.6 Å². The van der Waals surface area contributed by atoms with Crippen LogP contribution < -0.4 is 19.5 Å². The average Bonchev–Trinajstić information content (AvgIpc) is 2.75. The maximum atomic E-state index is 12.5. The molecule has 3 aromatic carbocycles. The second kappa shape index (κ2) is 10.3. The summed E-state index contributed by atoms with van der Waals surface area (Å²) >= 11 is 0. The number of hydrogen-bond donors (Lipinski definition) is 1. The fourth-order valence-electron chi connectivity index (χ4n) is 2.93. The van der Waals surface area contributed by atoms with Gasteiger partial charge in [-0.3, -0.25) is 4.79 Å². The molecule has 0 aliphatic heterocycles. The van der Waals surface area contributed by atoms with Crippen molar-refractivity contribution in [1.29, 1.82) is 0 Å². The summed E-state index contributed by atoms with van der Waals surface area (Å²) in [4.78, 5) is 12.5. The molecule has 1 amide bonds. The molecular formula is C25H27NO4. The van der Waals surface area contributed by atoms with Crippen molar-refractivity contribution < 1.29 is 19.0 Å². The number of carbonyl (C=O) groups is 1. The van der Waals surface area contributed by atoms with Crippen molar-refractivity contribution in [2.24, 2.45) is 0 Å². The Labute approximate surface area is 177 Å². The SMILES string of the molecule is Cc1cccc(C)c1O[C@@H](C)C(=O)Nc1ccc(OCCOc2ccccc2)cc1. The van der Waals surface area contributed by atoms with Crippen molar-refractivity contribution in [2.75, 3.05) is 18.5 Å². The first kappa shape index (κ1) is 21.2. The van der Waals surface area contributed by atoms with E-state index < -0.39 is 6.10 Å². The summed E-state index contributed by atoms with van der Waals surface area (Å²) in [5, 5.41) is 2.87. The van der Waals surface area contributed by atoms with Gasteiger partial charge in [0.1, 0.15) is 30.5 Å². The summed E-state index contributed by atoms with van der Waals surface area (Å²) in [6.07, 6.45) is -0.615. The summed E-state index contributed by atoms with van der Waals surface area (Å²) in [6, 6.07) is 22.8. The third-order valence-electron chi connectivity index (χ3n) is 4.56. The van der Waals surface area contributed by atoms with Crippen molar-refractivity contribution in [3.63, 3.8) is 0 Å². The quantitative estimate of drug-likeness (QED) is 0.499. The fourth-order valence-corrected chi connectivity index (χ4v) is 2.93. The number of para-hydroxylation sites is 2. The predicted octanol–water partition coefficient (Wildman–Crippen LogP) is 5.17. The van der Waals surface area contributed by atoms with Crippen LogP contribution in [0.5, 0.6) is 17.2 Å². The molecule has 0 radical (unpaired) electrons. The zero-order chi connectivity index (χ0) is 21.3. The minimum Gasteiger partial charge on any atom is -0.490 e. The first-order chi connectivity index (χ1) is 14.5. The average molecular weight is 405 g/mol. The molecule has 0 aliphatic carbocycles. The molecule has 0 saturated carbocycles. The molecule has 5 nitrogen and oxygen atoms in total. The minimum atomic E-state index is -0.615. The highest BCUT2D eigenvalue weighted by Crippen LogP contribution is 2.24. The Bertz CT molecular complexity index is 934. The van der Waals surface area contributed by atoms with Crippen molar-refractivity contribution in [3.8, 4) is 17.2 Å². The first-order valence-electron chi connectivity index (χ1n) is 9.97. The molecule has 0 bridgehead atoms. The van der Waals surface area contributed by atoms with Crippen LogP contribution in [0.3, 0.4) is 0 Å². The third-order valence-corrected chi connectivity index (χ3v) is 4.56. The Morgan fingerprint density at radius 1 is 0.800 bits per heavy atom. The van der Waals surface area contributed by atoms with Gasteiger partial charge in [0.25, 0.3) is 5.91 Å². The summed E-state index contributed by atoms with van der Waals surface area (Å²) in [6.45, 7) is 6.56. The molecule has 0 saturated heterocycles. The van der Waals surface area contributed by atoms with E-state index in [1.807, 2.05) is 74.5 Å². The van der Waals surface area contributed by atoms with Gasteiger partial charge >= 0.3 is 0 Å². The Balaban J connectivity index is 1.45. The standard InChI is InChI=1S/C25H27NO4/c1-18-8-7-9-19(2)24(18)30-20(3)25(27)26-21-12-14-23(15-13-21)29-17-16-28-22-10-5-4-6-11-22/h4-15,20H,16-17H2,1-3H3,(H,26,27)/t20-/m0/s1. The molecule has 5 heteroatoms. The number of benzene rings is 3. The van der Waals surface area contributed by atoms with E-state index in [0.29, 0.717) is 24.7 Å². The first-order valence-corrected chi connectivity index (χ1v) is 9.97. The molecular weight excluding hydrogens is 378 g/mol. The van der Waals surface area contributed by atoms with E-state index in [4.69, 9.17) is 14.2 Å². The van der Waals surface area contributed by atoms with Crippen LogP contribution in [-0.4, -0.2) is 25.2 Å². The van der Waals surface area contributed by atoms with E-state index >= 15 is 0 Å². The molecule has 1 atom stereocenters. The van der Waals surface area contributed by atoms with Gasteiger partial charge in [0.05, 0.1) is 0 Å². The van der Waals surface area contributed by atoms with Gasteiger partial charge in [-0.1, -0.05) is 36.4 Å². The maximum absolute atomic E-state index is 12.5. The normalized spacial score (nSPS) is 11.4. The summed E-state index contributed by atoms with van der Waals surface area (Å²) < 4.78 is 17.2. The van der Waals surface area contributed by atoms with Crippen molar-refractivity contribution in [3.05, 3.63) is 83.9 Å². The van der Waals surface area contributed by atoms with Gasteiger partial charge in [0.15, 0.2) is 6.10 Å². The van der Waals surface area contributed by atoms with E-state index in [1.54, 1.807) is 19.1 Å². The van der Waals surface area contributed by atoms with Crippen LogP contribution in [-0.2, 0) is 4.79 Å². The number of rotatable bonds is 9. The second-order valence-electron chi connectivity index (χ2n) is 7.00. The maximum Gasteiger partial charge on any atom is 0.265 e. The molecule has 0 spiro atoms. The molecule has 0 aromatic heterocycles. The lowest BCUT2D eigenvalue weighted by Crippen LogP contribution is -2.30. The molecule has 3 rings (SSSR count). The van der Waals surface area contributed by atoms with Gasteiger partial charge in [-0.25, -0.2) is 0 Å². The number of anilines is 1. The smallest absolute Gasteiger partial charge is 0.265 e. The summed E-state index contributed by atoms with van der Waals surface area (Å²) in [5.41, 5.74) is 2.70. The van der Waals surface area contributed by atoms with Gasteiger partial charge < -0.3 is 19.5 Å². The molecule has 1 N–H and O–H groups in total. The van der Waals surface area contributed by atoms with Gasteiger partial charge in [-0.2, -0.15) is 0 Å². The number of nitrogens with one attached hydrogen (secondary N) is 1. The molecule has 0 unspecified atom stereocenters. The zero-order valence-corrected chi connectivity index (χ0v) is 17.6. The van der Waals surface area contributed by atoms with Crippen molar-refractivity contribution in [2.45, 2.75) is 26.9 Å². The van der Waals surface area contributed by atoms with Crippen LogP contribution in [0.25, 0.3) is 0 Å². The lowest BCUT2D eigenvalue weighted by atomic mass is 10.1. The van der Waals surface area contributed by atoms with E-state index in [9.17, 15) is 4.79 Å². The van der Waals surface area contributed by atoms with Crippen LogP contribution in [0.2, 0.25) is 0 Å². The molecule has 30 heavy (non-hydrogen) atoms. The van der Waals surface area contributed by atoms with Gasteiger partial charge in [0, 0.05) is 5.69 Å². The highest BCUT2D eigenvalue weighted by atomic mass is 16.5. The molecule has 156 valence electrons. The number of carbonyl (C=O) groups excluding carboxylic acids is 1. The van der Waals surface area contributed by atoms with E-state index in [1.165, 1.54) is 0 Å². The highest BCUT2D eigenvalue weighted by Gasteiger charge is 2.17. The van der Waals surface area contributed by atoms with Crippen molar-refractivity contribution in [1.82, 2.24) is 0 Å². The largest absolute Gasteiger partial charge is 0.490 e. The summed E-state index contributed by atoms with van der Waals surface area (Å²) in [7, 11) is 0. The lowest BCUT2D eigenvalue weighted by molar-refractivity contribution is -0.122. The van der Waals surface area contributed by atoms with Crippen LogP contribution in [0, 0.1) is 13.8 Å². The minimum absolute atomic E-state index is 0.206. The fraction of sp³-hybridized carbons (Fsp3) is 0.240. The van der Waals surface area contributed by atoms with Crippen LogP contribution >= 0.6 is 0 Å². The number of amides is 1. The van der Waals surface area contributed by atoms with Gasteiger partial charge in [0.2, 0.25) is 0 Å². The van der Waals surface area contributed by atoms with E-state index in [2.05, 4.69) is 5.32 Å². The van der Waals surface area contributed by atoms with Gasteiger partial charge in [-0.15, -0.1) is 0 Å². The van der Waals surface area contributed by atoms with Crippen LogP contribution in [0.1, 0.15) is 18.1 Å². The Morgan fingerprint density at radius 2 is 1.37 bits per heavy atom. The molecule has 0 aliphatic rings. The lowest BCUT2D eigenvalue weighted by Gasteiger charge is -2.18. The summed E-state index contributed by atoms with van der Waals surface area (Å²) in [5.74, 6) is 2.07. The topological polar surface area (TPSA) is 56.8 Å². The highest BCUT2D eigenvalue weighted by molar-refractivity contribution is 5.94. The number of aryl methyl sites for hydroxylation is 2.